The van der Waals surface area contributed by atoms with E-state index in [4.69, 9.17) is 12.2 Å². The van der Waals surface area contributed by atoms with Crippen LogP contribution in [0.2, 0.25) is 0 Å². The lowest BCUT2D eigenvalue weighted by Crippen LogP contribution is -2.48. The second-order valence-corrected chi connectivity index (χ2v) is 7.98. The number of rotatable bonds is 4. The molecule has 0 aromatic heterocycles. The minimum atomic E-state index is -0.265. The van der Waals surface area contributed by atoms with Gasteiger partial charge in [0.15, 0.2) is 5.11 Å². The van der Waals surface area contributed by atoms with Crippen molar-refractivity contribution >= 4 is 56.4 Å². The van der Waals surface area contributed by atoms with Crippen LogP contribution in [0.15, 0.2) is 53.0 Å². The van der Waals surface area contributed by atoms with Gasteiger partial charge in [0.1, 0.15) is 0 Å². The zero-order valence-corrected chi connectivity index (χ0v) is 18.6. The molecule has 29 heavy (non-hydrogen) atoms. The lowest BCUT2D eigenvalue weighted by molar-refractivity contribution is -0.131. The van der Waals surface area contributed by atoms with E-state index < -0.39 is 0 Å². The number of carbonyl (C=O) groups is 2. The summed E-state index contributed by atoms with van der Waals surface area (Å²) in [4.78, 5) is 28.4. The fraction of sp³-hybridized carbons (Fsp3) is 0.286. The molecular weight excluding hydrogens is 452 g/mol. The minimum absolute atomic E-state index is 0.188. The Morgan fingerprint density at radius 2 is 1.69 bits per heavy atom. The fourth-order valence-electron chi connectivity index (χ4n) is 3.21. The van der Waals surface area contributed by atoms with E-state index >= 15 is 0 Å². The van der Waals surface area contributed by atoms with Crippen molar-refractivity contribution in [3.05, 3.63) is 58.6 Å². The third-order valence-corrected chi connectivity index (χ3v) is 5.49. The van der Waals surface area contributed by atoms with Crippen molar-refractivity contribution in [1.82, 2.24) is 10.2 Å². The molecule has 8 heteroatoms. The van der Waals surface area contributed by atoms with Gasteiger partial charge in [0, 0.05) is 42.6 Å². The van der Waals surface area contributed by atoms with Crippen LogP contribution in [0.4, 0.5) is 11.4 Å². The van der Waals surface area contributed by atoms with Crippen LogP contribution in [0.1, 0.15) is 23.7 Å². The Morgan fingerprint density at radius 3 is 2.34 bits per heavy atom. The molecule has 0 atom stereocenters. The average Bonchev–Trinajstić information content (AvgIpc) is 2.74. The zero-order chi connectivity index (χ0) is 20.8. The molecule has 1 fully saturated rings. The molecule has 0 saturated carbocycles. The Kier molecular flexibility index (Phi) is 7.22. The number of nitrogens with one attached hydrogen (secondary N) is 2. The first-order valence-corrected chi connectivity index (χ1v) is 10.7. The largest absolute Gasteiger partial charge is 0.366 e. The summed E-state index contributed by atoms with van der Waals surface area (Å²) >= 11 is 8.70. The number of hydrogen-bond donors (Lipinski definition) is 2. The van der Waals surface area contributed by atoms with Crippen molar-refractivity contribution in [2.24, 2.45) is 0 Å². The molecule has 1 aliphatic rings. The number of para-hydroxylation sites is 2. The number of nitrogens with zero attached hydrogens (tertiary/aromatic N) is 2. The van der Waals surface area contributed by atoms with Gasteiger partial charge in [-0.3, -0.25) is 14.9 Å². The van der Waals surface area contributed by atoms with Gasteiger partial charge >= 0.3 is 0 Å². The molecule has 2 amide bonds. The molecule has 3 rings (SSSR count). The highest BCUT2D eigenvalue weighted by atomic mass is 79.9. The Labute approximate surface area is 184 Å². The van der Waals surface area contributed by atoms with Crippen molar-refractivity contribution in [2.75, 3.05) is 36.4 Å². The van der Waals surface area contributed by atoms with Crippen LogP contribution in [0.25, 0.3) is 0 Å². The van der Waals surface area contributed by atoms with Crippen LogP contribution in [0.5, 0.6) is 0 Å². The number of thiocarbonyl (C=S) groups is 1. The molecule has 1 aliphatic heterocycles. The third-order valence-electron chi connectivity index (χ3n) is 4.76. The van der Waals surface area contributed by atoms with Crippen LogP contribution in [0, 0.1) is 0 Å². The molecule has 2 aromatic rings. The predicted molar refractivity (Wildman–Crippen MR) is 123 cm³/mol. The summed E-state index contributed by atoms with van der Waals surface area (Å²) in [5.74, 6) is -0.0768. The molecule has 6 nitrogen and oxygen atoms in total. The summed E-state index contributed by atoms with van der Waals surface area (Å²) in [5.41, 5.74) is 2.35. The van der Waals surface area contributed by atoms with Gasteiger partial charge in [-0.1, -0.05) is 35.0 Å². The number of carbonyl (C=O) groups excluding carboxylic acids is 2. The van der Waals surface area contributed by atoms with Gasteiger partial charge in [0.25, 0.3) is 5.91 Å². The van der Waals surface area contributed by atoms with E-state index in [2.05, 4.69) is 31.5 Å². The van der Waals surface area contributed by atoms with Gasteiger partial charge in [-0.25, -0.2) is 0 Å². The molecule has 0 radical (unpaired) electrons. The number of piperazine rings is 1. The third kappa shape index (κ3) is 5.55. The van der Waals surface area contributed by atoms with E-state index in [-0.39, 0.29) is 16.9 Å². The first kappa shape index (κ1) is 21.3. The maximum absolute atomic E-state index is 12.4. The average molecular weight is 475 g/mol. The van der Waals surface area contributed by atoms with Gasteiger partial charge in [0.05, 0.1) is 11.4 Å². The van der Waals surface area contributed by atoms with Crippen LogP contribution < -0.4 is 15.5 Å². The normalized spacial score (nSPS) is 13.7. The van der Waals surface area contributed by atoms with Crippen LogP contribution >= 0.6 is 28.1 Å². The minimum Gasteiger partial charge on any atom is -0.366 e. The Balaban J connectivity index is 1.63. The van der Waals surface area contributed by atoms with Crippen LogP contribution in [0.3, 0.4) is 0 Å². The number of benzene rings is 2. The second kappa shape index (κ2) is 9.84. The maximum Gasteiger partial charge on any atom is 0.257 e. The van der Waals surface area contributed by atoms with Crippen molar-refractivity contribution in [3.63, 3.8) is 0 Å². The van der Waals surface area contributed by atoms with E-state index in [1.807, 2.05) is 48.2 Å². The molecule has 152 valence electrons. The van der Waals surface area contributed by atoms with Crippen molar-refractivity contribution < 1.29 is 9.59 Å². The molecule has 2 N–H and O–H groups in total. The first-order valence-electron chi connectivity index (χ1n) is 9.47. The van der Waals surface area contributed by atoms with E-state index in [1.54, 1.807) is 12.1 Å². The van der Waals surface area contributed by atoms with E-state index in [0.717, 1.165) is 28.9 Å². The van der Waals surface area contributed by atoms with E-state index in [1.165, 1.54) is 0 Å². The molecule has 0 spiro atoms. The van der Waals surface area contributed by atoms with Crippen LogP contribution in [-0.2, 0) is 4.79 Å². The van der Waals surface area contributed by atoms with Gasteiger partial charge in [-0.15, -0.1) is 0 Å². The number of hydrogen-bond acceptors (Lipinski definition) is 4. The maximum atomic E-state index is 12.4. The van der Waals surface area contributed by atoms with Crippen molar-refractivity contribution in [2.45, 2.75) is 13.3 Å². The number of halogens is 1. The Hall–Kier alpha value is -2.45. The van der Waals surface area contributed by atoms with E-state index in [0.29, 0.717) is 25.1 Å². The van der Waals surface area contributed by atoms with Gasteiger partial charge < -0.3 is 15.1 Å². The molecule has 0 bridgehead atoms. The summed E-state index contributed by atoms with van der Waals surface area (Å²) in [6.45, 7) is 4.79. The summed E-state index contributed by atoms with van der Waals surface area (Å²) < 4.78 is 0.907. The number of amides is 2. The Morgan fingerprint density at radius 1 is 1.03 bits per heavy atom. The lowest BCUT2D eigenvalue weighted by Gasteiger charge is -2.37. The SMILES string of the molecule is CCC(=O)N1CCN(c2ccccc2NC(=S)NC(=O)c2ccc(Br)cc2)CC1. The molecule has 0 aliphatic carbocycles. The topological polar surface area (TPSA) is 64.7 Å². The Bertz CT molecular complexity index is 896. The summed E-state index contributed by atoms with van der Waals surface area (Å²) in [6.07, 6.45) is 0.532. The molecule has 1 saturated heterocycles. The zero-order valence-electron chi connectivity index (χ0n) is 16.2. The van der Waals surface area contributed by atoms with Crippen molar-refractivity contribution in [1.29, 1.82) is 0 Å². The molecule has 0 unspecified atom stereocenters. The highest BCUT2D eigenvalue weighted by Crippen LogP contribution is 2.26. The summed E-state index contributed by atoms with van der Waals surface area (Å²) in [6, 6.07) is 14.9. The fourth-order valence-corrected chi connectivity index (χ4v) is 3.67. The predicted octanol–water partition coefficient (Wildman–Crippen LogP) is 3.63. The van der Waals surface area contributed by atoms with Gasteiger partial charge in [-0.2, -0.15) is 0 Å². The second-order valence-electron chi connectivity index (χ2n) is 6.65. The number of anilines is 2. The van der Waals surface area contributed by atoms with Gasteiger partial charge in [0.2, 0.25) is 5.91 Å². The smallest absolute Gasteiger partial charge is 0.257 e. The summed E-state index contributed by atoms with van der Waals surface area (Å²) in [7, 11) is 0. The summed E-state index contributed by atoms with van der Waals surface area (Å²) in [5, 5.41) is 6.09. The van der Waals surface area contributed by atoms with Crippen LogP contribution in [-0.4, -0.2) is 48.0 Å². The monoisotopic (exact) mass is 474 g/mol. The molecule has 2 aromatic carbocycles. The molecule has 1 heterocycles. The standard InChI is InChI=1S/C21H23BrN4O2S/c1-2-19(27)26-13-11-25(12-14-26)18-6-4-3-5-17(18)23-21(29)24-20(28)15-7-9-16(22)10-8-15/h3-10H,2,11-14H2,1H3,(H2,23,24,28,29). The van der Waals surface area contributed by atoms with Gasteiger partial charge in [-0.05, 0) is 48.6 Å². The van der Waals surface area contributed by atoms with Crippen molar-refractivity contribution in [3.8, 4) is 0 Å². The quantitative estimate of drug-likeness (QED) is 0.662. The lowest BCUT2D eigenvalue weighted by atomic mass is 10.2. The highest BCUT2D eigenvalue weighted by molar-refractivity contribution is 9.10. The van der Waals surface area contributed by atoms with E-state index in [9.17, 15) is 9.59 Å². The highest BCUT2D eigenvalue weighted by Gasteiger charge is 2.22. The molecular formula is C21H23BrN4O2S. The first-order chi connectivity index (χ1) is 14.0.